The van der Waals surface area contributed by atoms with Gasteiger partial charge in [0, 0.05) is 12.6 Å². The molecular formula is C14H19N3S. The van der Waals surface area contributed by atoms with E-state index in [1.54, 1.807) is 0 Å². The van der Waals surface area contributed by atoms with Crippen molar-refractivity contribution in [3.63, 3.8) is 0 Å². The van der Waals surface area contributed by atoms with Crippen molar-refractivity contribution in [3.05, 3.63) is 23.9 Å². The summed E-state index contributed by atoms with van der Waals surface area (Å²) >= 11 is 5.01. The Labute approximate surface area is 113 Å². The second-order valence-corrected chi connectivity index (χ2v) is 5.78. The van der Waals surface area contributed by atoms with Crippen molar-refractivity contribution in [2.24, 2.45) is 11.7 Å². The Hall–Kier alpha value is -1.16. The Balaban J connectivity index is 1.89. The van der Waals surface area contributed by atoms with Gasteiger partial charge in [0.1, 0.15) is 10.8 Å². The first-order chi connectivity index (χ1) is 8.75. The second kappa shape index (κ2) is 4.84. The van der Waals surface area contributed by atoms with Crippen molar-refractivity contribution in [2.45, 2.75) is 38.1 Å². The molecule has 2 aliphatic rings. The SMILES string of the molecule is NC(=S)c1cccc(N2CCCC3CCCC32)n1. The summed E-state index contributed by atoms with van der Waals surface area (Å²) in [5.41, 5.74) is 6.41. The first-order valence-electron chi connectivity index (χ1n) is 6.79. The summed E-state index contributed by atoms with van der Waals surface area (Å²) in [6.45, 7) is 1.12. The van der Waals surface area contributed by atoms with Gasteiger partial charge in [-0.05, 0) is 43.7 Å². The van der Waals surface area contributed by atoms with E-state index in [0.717, 1.165) is 24.0 Å². The van der Waals surface area contributed by atoms with Gasteiger partial charge in [0.05, 0.1) is 5.69 Å². The zero-order valence-electron chi connectivity index (χ0n) is 10.5. The Bertz CT molecular complexity index is 460. The first-order valence-corrected chi connectivity index (χ1v) is 7.20. The van der Waals surface area contributed by atoms with E-state index in [2.05, 4.69) is 16.0 Å². The molecule has 2 atom stereocenters. The second-order valence-electron chi connectivity index (χ2n) is 5.34. The lowest BCUT2D eigenvalue weighted by molar-refractivity contribution is 0.360. The van der Waals surface area contributed by atoms with Crippen molar-refractivity contribution >= 4 is 23.0 Å². The highest BCUT2D eigenvalue weighted by molar-refractivity contribution is 7.80. The molecule has 1 aliphatic heterocycles. The predicted molar refractivity (Wildman–Crippen MR) is 77.8 cm³/mol. The highest BCUT2D eigenvalue weighted by Gasteiger charge is 2.35. The molecule has 96 valence electrons. The Morgan fingerprint density at radius 1 is 1.28 bits per heavy atom. The van der Waals surface area contributed by atoms with Crippen molar-refractivity contribution in [2.75, 3.05) is 11.4 Å². The van der Waals surface area contributed by atoms with E-state index >= 15 is 0 Å². The maximum Gasteiger partial charge on any atom is 0.129 e. The number of hydrogen-bond donors (Lipinski definition) is 1. The monoisotopic (exact) mass is 261 g/mol. The standard InChI is InChI=1S/C14H19N3S/c15-14(18)11-6-2-8-13(16-11)17-9-3-5-10-4-1-7-12(10)17/h2,6,8,10,12H,1,3-5,7,9H2,(H2,15,18). The van der Waals surface area contributed by atoms with Gasteiger partial charge in [-0.2, -0.15) is 0 Å². The summed E-state index contributed by atoms with van der Waals surface area (Å²) in [5.74, 6) is 1.92. The minimum absolute atomic E-state index is 0.386. The fourth-order valence-electron chi connectivity index (χ4n) is 3.46. The van der Waals surface area contributed by atoms with E-state index in [-0.39, 0.29) is 0 Å². The number of rotatable bonds is 2. The van der Waals surface area contributed by atoms with Crippen LogP contribution in [0.1, 0.15) is 37.8 Å². The summed E-state index contributed by atoms with van der Waals surface area (Å²) in [5, 5.41) is 0. The van der Waals surface area contributed by atoms with Gasteiger partial charge in [-0.1, -0.05) is 24.7 Å². The van der Waals surface area contributed by atoms with Crippen LogP contribution in [0.15, 0.2) is 18.2 Å². The molecule has 0 spiro atoms. The number of nitrogens with two attached hydrogens (primary N) is 1. The van der Waals surface area contributed by atoms with E-state index in [0.29, 0.717) is 11.0 Å². The summed E-state index contributed by atoms with van der Waals surface area (Å²) in [4.78, 5) is 7.48. The van der Waals surface area contributed by atoms with Crippen LogP contribution in [0.2, 0.25) is 0 Å². The number of nitrogens with zero attached hydrogens (tertiary/aromatic N) is 2. The van der Waals surface area contributed by atoms with Crippen molar-refractivity contribution < 1.29 is 0 Å². The smallest absolute Gasteiger partial charge is 0.129 e. The molecule has 3 nitrogen and oxygen atoms in total. The summed E-state index contributed by atoms with van der Waals surface area (Å²) in [6.07, 6.45) is 6.72. The number of piperidine rings is 1. The Morgan fingerprint density at radius 3 is 2.94 bits per heavy atom. The van der Waals surface area contributed by atoms with Crippen LogP contribution in [0.3, 0.4) is 0 Å². The van der Waals surface area contributed by atoms with Crippen molar-refractivity contribution in [3.8, 4) is 0 Å². The van der Waals surface area contributed by atoms with Crippen LogP contribution in [-0.4, -0.2) is 22.6 Å². The van der Waals surface area contributed by atoms with Crippen molar-refractivity contribution in [1.82, 2.24) is 4.98 Å². The van der Waals surface area contributed by atoms with Crippen LogP contribution < -0.4 is 10.6 Å². The molecule has 3 rings (SSSR count). The molecule has 1 aromatic heterocycles. The average Bonchev–Trinajstić information content (AvgIpc) is 2.87. The van der Waals surface area contributed by atoms with Crippen LogP contribution in [0.25, 0.3) is 0 Å². The third kappa shape index (κ3) is 2.09. The van der Waals surface area contributed by atoms with Gasteiger partial charge in [-0.25, -0.2) is 4.98 Å². The fourth-order valence-corrected chi connectivity index (χ4v) is 3.57. The fraction of sp³-hybridized carbons (Fsp3) is 0.571. The number of hydrogen-bond acceptors (Lipinski definition) is 3. The number of pyridine rings is 1. The minimum Gasteiger partial charge on any atom is -0.388 e. The number of fused-ring (bicyclic) bond motifs is 1. The molecule has 4 heteroatoms. The number of aromatic nitrogens is 1. The zero-order chi connectivity index (χ0) is 12.5. The third-order valence-corrected chi connectivity index (χ3v) is 4.48. The largest absolute Gasteiger partial charge is 0.388 e. The van der Waals surface area contributed by atoms with Crippen LogP contribution in [0, 0.1) is 5.92 Å². The molecule has 2 heterocycles. The summed E-state index contributed by atoms with van der Waals surface area (Å²) in [7, 11) is 0. The zero-order valence-corrected chi connectivity index (χ0v) is 11.3. The number of anilines is 1. The lowest BCUT2D eigenvalue weighted by Crippen LogP contribution is -2.43. The lowest BCUT2D eigenvalue weighted by atomic mass is 9.92. The van der Waals surface area contributed by atoms with Gasteiger partial charge >= 0.3 is 0 Å². The molecule has 2 unspecified atom stereocenters. The van der Waals surface area contributed by atoms with E-state index in [1.807, 2.05) is 12.1 Å². The Kier molecular flexibility index (Phi) is 3.20. The highest BCUT2D eigenvalue weighted by atomic mass is 32.1. The summed E-state index contributed by atoms with van der Waals surface area (Å²) in [6, 6.07) is 6.67. The minimum atomic E-state index is 0.386. The van der Waals surface area contributed by atoms with Gasteiger partial charge in [-0.3, -0.25) is 0 Å². The van der Waals surface area contributed by atoms with E-state index in [1.165, 1.54) is 32.1 Å². The summed E-state index contributed by atoms with van der Waals surface area (Å²) < 4.78 is 0. The molecule has 0 aromatic carbocycles. The predicted octanol–water partition coefficient (Wildman–Crippen LogP) is 2.48. The molecule has 0 radical (unpaired) electrons. The van der Waals surface area contributed by atoms with Gasteiger partial charge in [0.25, 0.3) is 0 Å². The molecular weight excluding hydrogens is 242 g/mol. The molecule has 1 saturated heterocycles. The van der Waals surface area contributed by atoms with E-state index < -0.39 is 0 Å². The molecule has 1 aromatic rings. The molecule has 1 saturated carbocycles. The maximum absolute atomic E-state index is 5.67. The van der Waals surface area contributed by atoms with Crippen LogP contribution >= 0.6 is 12.2 Å². The third-order valence-electron chi connectivity index (χ3n) is 4.27. The quantitative estimate of drug-likeness (QED) is 0.831. The van der Waals surface area contributed by atoms with Crippen LogP contribution in [0.5, 0.6) is 0 Å². The van der Waals surface area contributed by atoms with Crippen LogP contribution in [-0.2, 0) is 0 Å². The molecule has 18 heavy (non-hydrogen) atoms. The van der Waals surface area contributed by atoms with Crippen LogP contribution in [0.4, 0.5) is 5.82 Å². The van der Waals surface area contributed by atoms with E-state index in [9.17, 15) is 0 Å². The maximum atomic E-state index is 5.67. The molecule has 2 fully saturated rings. The Morgan fingerprint density at radius 2 is 2.11 bits per heavy atom. The molecule has 0 bridgehead atoms. The number of thiocarbonyl (C=S) groups is 1. The van der Waals surface area contributed by atoms with Crippen molar-refractivity contribution in [1.29, 1.82) is 0 Å². The van der Waals surface area contributed by atoms with Gasteiger partial charge < -0.3 is 10.6 Å². The topological polar surface area (TPSA) is 42.1 Å². The first kappa shape index (κ1) is 11.9. The average molecular weight is 261 g/mol. The van der Waals surface area contributed by atoms with Gasteiger partial charge in [0.2, 0.25) is 0 Å². The van der Waals surface area contributed by atoms with Gasteiger partial charge in [-0.15, -0.1) is 0 Å². The van der Waals surface area contributed by atoms with E-state index in [4.69, 9.17) is 18.0 Å². The molecule has 0 amide bonds. The normalized spacial score (nSPS) is 27.0. The van der Waals surface area contributed by atoms with Gasteiger partial charge in [0.15, 0.2) is 0 Å². The molecule has 1 aliphatic carbocycles. The lowest BCUT2D eigenvalue weighted by Gasteiger charge is -2.38. The highest BCUT2D eigenvalue weighted by Crippen LogP contribution is 2.38. The molecule has 2 N–H and O–H groups in total.